The smallest absolute Gasteiger partial charge is 0.304 e. The molecule has 1 aliphatic heterocycles. The van der Waals surface area contributed by atoms with Gasteiger partial charge in [0, 0.05) is 49.1 Å². The number of thiophene rings is 1. The molecule has 1 unspecified atom stereocenters. The Morgan fingerprint density at radius 3 is 2.35 bits per heavy atom. The van der Waals surface area contributed by atoms with E-state index in [-0.39, 0.29) is 30.5 Å². The number of nitrogens with zero attached hydrogens (tertiary/aromatic N) is 2. The SMILES string of the molecule is O=C(O)CC(CC(=O)N1CCN(c2ccc(F)cc2)CC1)c1cccs1. The van der Waals surface area contributed by atoms with Gasteiger partial charge in [0.15, 0.2) is 0 Å². The number of rotatable bonds is 6. The first kappa shape index (κ1) is 18.4. The molecule has 0 aliphatic carbocycles. The van der Waals surface area contributed by atoms with E-state index >= 15 is 0 Å². The van der Waals surface area contributed by atoms with Crippen molar-refractivity contribution in [1.29, 1.82) is 0 Å². The van der Waals surface area contributed by atoms with Crippen molar-refractivity contribution in [3.8, 4) is 0 Å². The molecule has 2 aromatic rings. The van der Waals surface area contributed by atoms with Crippen LogP contribution in [0.3, 0.4) is 0 Å². The van der Waals surface area contributed by atoms with Crippen LogP contribution >= 0.6 is 11.3 Å². The molecule has 138 valence electrons. The lowest BCUT2D eigenvalue weighted by Crippen LogP contribution is -2.49. The summed E-state index contributed by atoms with van der Waals surface area (Å²) in [6.45, 7) is 2.53. The number of piperazine rings is 1. The van der Waals surface area contributed by atoms with Crippen LogP contribution in [0.1, 0.15) is 23.6 Å². The zero-order chi connectivity index (χ0) is 18.5. The molecule has 1 aromatic carbocycles. The number of anilines is 1. The summed E-state index contributed by atoms with van der Waals surface area (Å²) in [5.41, 5.74) is 0.945. The molecule has 1 amide bonds. The van der Waals surface area contributed by atoms with Crippen molar-refractivity contribution in [2.75, 3.05) is 31.1 Å². The highest BCUT2D eigenvalue weighted by molar-refractivity contribution is 7.10. The van der Waals surface area contributed by atoms with Crippen molar-refractivity contribution in [2.45, 2.75) is 18.8 Å². The molecule has 3 rings (SSSR count). The molecule has 1 N–H and O–H groups in total. The lowest BCUT2D eigenvalue weighted by Gasteiger charge is -2.36. The molecular weight excluding hydrogens is 355 g/mol. The monoisotopic (exact) mass is 376 g/mol. The van der Waals surface area contributed by atoms with E-state index in [1.165, 1.54) is 23.5 Å². The molecule has 1 aliphatic rings. The Kier molecular flexibility index (Phi) is 5.88. The Balaban J connectivity index is 1.57. The van der Waals surface area contributed by atoms with Crippen LogP contribution in [0, 0.1) is 5.82 Å². The van der Waals surface area contributed by atoms with E-state index in [2.05, 4.69) is 4.90 Å². The molecule has 1 fully saturated rings. The van der Waals surface area contributed by atoms with Crippen molar-refractivity contribution < 1.29 is 19.1 Å². The van der Waals surface area contributed by atoms with Gasteiger partial charge in [-0.05, 0) is 35.7 Å². The van der Waals surface area contributed by atoms with E-state index < -0.39 is 5.97 Å². The molecule has 1 atom stereocenters. The predicted molar refractivity (Wildman–Crippen MR) is 99.1 cm³/mol. The van der Waals surface area contributed by atoms with Crippen molar-refractivity contribution in [3.63, 3.8) is 0 Å². The predicted octanol–water partition coefficient (Wildman–Crippen LogP) is 3.18. The summed E-state index contributed by atoms with van der Waals surface area (Å²) >= 11 is 1.49. The zero-order valence-corrected chi connectivity index (χ0v) is 15.1. The summed E-state index contributed by atoms with van der Waals surface area (Å²) in [5, 5.41) is 11.0. The van der Waals surface area contributed by atoms with Crippen molar-refractivity contribution in [2.24, 2.45) is 0 Å². The van der Waals surface area contributed by atoms with Crippen LogP contribution in [-0.2, 0) is 9.59 Å². The molecule has 1 saturated heterocycles. The van der Waals surface area contributed by atoms with Gasteiger partial charge in [-0.1, -0.05) is 6.07 Å². The zero-order valence-electron chi connectivity index (χ0n) is 14.3. The lowest BCUT2D eigenvalue weighted by atomic mass is 9.98. The number of carbonyl (C=O) groups excluding carboxylic acids is 1. The Bertz CT molecular complexity index is 741. The summed E-state index contributed by atoms with van der Waals surface area (Å²) in [6.07, 6.45) is 0.172. The van der Waals surface area contributed by atoms with Gasteiger partial charge in [0.05, 0.1) is 6.42 Å². The summed E-state index contributed by atoms with van der Waals surface area (Å²) < 4.78 is 13.0. The third-order valence-corrected chi connectivity index (χ3v) is 5.65. The second kappa shape index (κ2) is 8.31. The van der Waals surface area contributed by atoms with Crippen LogP contribution in [0.4, 0.5) is 10.1 Å². The quantitative estimate of drug-likeness (QED) is 0.841. The van der Waals surface area contributed by atoms with Crippen molar-refractivity contribution in [3.05, 3.63) is 52.5 Å². The lowest BCUT2D eigenvalue weighted by molar-refractivity contribution is -0.138. The maximum Gasteiger partial charge on any atom is 0.304 e. The molecule has 0 radical (unpaired) electrons. The van der Waals surface area contributed by atoms with Crippen LogP contribution < -0.4 is 4.90 Å². The molecule has 26 heavy (non-hydrogen) atoms. The van der Waals surface area contributed by atoms with Gasteiger partial charge in [0.1, 0.15) is 5.82 Å². The number of hydrogen-bond acceptors (Lipinski definition) is 4. The number of hydrogen-bond donors (Lipinski definition) is 1. The van der Waals surface area contributed by atoms with Gasteiger partial charge < -0.3 is 14.9 Å². The van der Waals surface area contributed by atoms with Gasteiger partial charge in [0.25, 0.3) is 0 Å². The highest BCUT2D eigenvalue weighted by Crippen LogP contribution is 2.28. The highest BCUT2D eigenvalue weighted by Gasteiger charge is 2.26. The standard InChI is InChI=1S/C19H21FN2O3S/c20-15-3-5-16(6-4-15)21-7-9-22(10-8-21)18(23)12-14(13-19(24)25)17-2-1-11-26-17/h1-6,11,14H,7-10,12-13H2,(H,24,25). The Morgan fingerprint density at radius 1 is 1.08 bits per heavy atom. The highest BCUT2D eigenvalue weighted by atomic mass is 32.1. The topological polar surface area (TPSA) is 60.9 Å². The summed E-state index contributed by atoms with van der Waals surface area (Å²) in [7, 11) is 0. The molecular formula is C19H21FN2O3S. The van der Waals surface area contributed by atoms with E-state index in [1.54, 1.807) is 17.0 Å². The summed E-state index contributed by atoms with van der Waals surface area (Å²) in [4.78, 5) is 28.6. The van der Waals surface area contributed by atoms with Gasteiger partial charge in [-0.2, -0.15) is 0 Å². The fraction of sp³-hybridized carbons (Fsp3) is 0.368. The summed E-state index contributed by atoms with van der Waals surface area (Å²) in [6, 6.07) is 10.1. The minimum atomic E-state index is -0.891. The van der Waals surface area contributed by atoms with Gasteiger partial charge in [-0.15, -0.1) is 11.3 Å². The van der Waals surface area contributed by atoms with E-state index in [0.717, 1.165) is 10.6 Å². The first-order valence-electron chi connectivity index (χ1n) is 8.56. The second-order valence-corrected chi connectivity index (χ2v) is 7.34. The van der Waals surface area contributed by atoms with Crippen LogP contribution in [0.25, 0.3) is 0 Å². The summed E-state index contributed by atoms with van der Waals surface area (Å²) in [5.74, 6) is -1.45. The molecule has 0 spiro atoms. The Morgan fingerprint density at radius 2 is 1.77 bits per heavy atom. The van der Waals surface area contributed by atoms with E-state index in [4.69, 9.17) is 5.11 Å². The maximum atomic E-state index is 13.0. The van der Waals surface area contributed by atoms with Gasteiger partial charge >= 0.3 is 5.97 Å². The molecule has 1 aromatic heterocycles. The van der Waals surface area contributed by atoms with Crippen LogP contribution in [0.2, 0.25) is 0 Å². The van der Waals surface area contributed by atoms with E-state index in [1.807, 2.05) is 17.5 Å². The number of benzene rings is 1. The average Bonchev–Trinajstić information content (AvgIpc) is 3.16. The fourth-order valence-corrected chi connectivity index (χ4v) is 4.04. The van der Waals surface area contributed by atoms with E-state index in [0.29, 0.717) is 26.2 Å². The third kappa shape index (κ3) is 4.60. The maximum absolute atomic E-state index is 13.0. The Hall–Kier alpha value is -2.41. The first-order chi connectivity index (χ1) is 12.5. The largest absolute Gasteiger partial charge is 0.481 e. The van der Waals surface area contributed by atoms with Gasteiger partial charge in [-0.3, -0.25) is 9.59 Å². The minimum Gasteiger partial charge on any atom is -0.481 e. The second-order valence-electron chi connectivity index (χ2n) is 6.36. The normalized spacial score (nSPS) is 15.7. The first-order valence-corrected chi connectivity index (χ1v) is 9.44. The fourth-order valence-electron chi connectivity index (χ4n) is 3.21. The van der Waals surface area contributed by atoms with Gasteiger partial charge in [0.2, 0.25) is 5.91 Å². The average molecular weight is 376 g/mol. The van der Waals surface area contributed by atoms with E-state index in [9.17, 15) is 14.0 Å². The number of carbonyl (C=O) groups is 2. The molecule has 0 saturated carbocycles. The number of carboxylic acids is 1. The van der Waals surface area contributed by atoms with Crippen LogP contribution in [-0.4, -0.2) is 48.1 Å². The number of aliphatic carboxylic acids is 1. The third-order valence-electron chi connectivity index (χ3n) is 4.61. The van der Waals surface area contributed by atoms with Crippen LogP contribution in [0.15, 0.2) is 41.8 Å². The number of halogens is 1. The molecule has 5 nitrogen and oxygen atoms in total. The molecule has 2 heterocycles. The van der Waals surface area contributed by atoms with Gasteiger partial charge in [-0.25, -0.2) is 4.39 Å². The molecule has 7 heteroatoms. The van der Waals surface area contributed by atoms with Crippen molar-refractivity contribution in [1.82, 2.24) is 4.90 Å². The Labute approximate surface area is 155 Å². The number of amides is 1. The molecule has 0 bridgehead atoms. The van der Waals surface area contributed by atoms with Crippen molar-refractivity contribution >= 4 is 28.9 Å². The minimum absolute atomic E-state index is 0.0107. The number of carboxylic acid groups (broad SMARTS) is 1. The van der Waals surface area contributed by atoms with Crippen LogP contribution in [0.5, 0.6) is 0 Å².